The van der Waals surface area contributed by atoms with Crippen molar-refractivity contribution in [1.29, 1.82) is 0 Å². The Morgan fingerprint density at radius 1 is 0.920 bits per heavy atom. The van der Waals surface area contributed by atoms with Crippen molar-refractivity contribution in [2.45, 2.75) is 27.4 Å². The molecule has 2 aromatic carbocycles. The first-order valence-corrected chi connectivity index (χ1v) is 8.51. The van der Waals surface area contributed by atoms with E-state index in [0.29, 0.717) is 19.0 Å². The number of rotatable bonds is 6. The van der Waals surface area contributed by atoms with Crippen molar-refractivity contribution in [3.8, 4) is 11.4 Å². The molecule has 25 heavy (non-hydrogen) atoms. The number of nitrogens with zero attached hydrogens (tertiary/aromatic N) is 2. The Kier molecular flexibility index (Phi) is 5.41. The summed E-state index contributed by atoms with van der Waals surface area (Å²) in [6.07, 6.45) is 0. The highest BCUT2D eigenvalue weighted by atomic mass is 16.5. The number of aryl methyl sites for hydroxylation is 2. The monoisotopic (exact) mass is 333 g/mol. The van der Waals surface area contributed by atoms with Crippen LogP contribution in [0.2, 0.25) is 0 Å². The van der Waals surface area contributed by atoms with Crippen molar-refractivity contribution < 1.29 is 4.74 Å². The maximum atomic E-state index is 5.62. The molecule has 0 saturated carbocycles. The third kappa shape index (κ3) is 4.22. The zero-order valence-electron chi connectivity index (χ0n) is 14.9. The zero-order valence-corrected chi connectivity index (χ0v) is 14.9. The van der Waals surface area contributed by atoms with Gasteiger partial charge in [0.1, 0.15) is 5.82 Å². The number of anilines is 2. The van der Waals surface area contributed by atoms with Gasteiger partial charge in [0.05, 0.1) is 6.61 Å². The first kappa shape index (κ1) is 17.1. The number of aromatic nitrogens is 2. The van der Waals surface area contributed by atoms with Gasteiger partial charge in [0.25, 0.3) is 0 Å². The Bertz CT molecular complexity index is 830. The number of nitrogens with one attached hydrogen (secondary N) is 1. The van der Waals surface area contributed by atoms with Crippen molar-refractivity contribution >= 4 is 11.5 Å². The molecule has 0 bridgehead atoms. The minimum Gasteiger partial charge on any atom is -0.377 e. The van der Waals surface area contributed by atoms with Gasteiger partial charge >= 0.3 is 0 Å². The van der Waals surface area contributed by atoms with Gasteiger partial charge < -0.3 is 10.1 Å². The second-order valence-corrected chi connectivity index (χ2v) is 5.95. The van der Waals surface area contributed by atoms with Crippen LogP contribution in [0.15, 0.2) is 54.6 Å². The van der Waals surface area contributed by atoms with Crippen molar-refractivity contribution in [1.82, 2.24) is 9.97 Å². The van der Waals surface area contributed by atoms with Gasteiger partial charge in [-0.2, -0.15) is 0 Å². The van der Waals surface area contributed by atoms with Crippen LogP contribution in [0.25, 0.3) is 11.4 Å². The maximum absolute atomic E-state index is 5.62. The number of benzene rings is 2. The molecule has 4 heteroatoms. The third-order valence-electron chi connectivity index (χ3n) is 4.01. The Balaban J connectivity index is 2.02. The van der Waals surface area contributed by atoms with E-state index in [0.717, 1.165) is 28.3 Å². The molecule has 128 valence electrons. The lowest BCUT2D eigenvalue weighted by atomic mass is 10.1. The summed E-state index contributed by atoms with van der Waals surface area (Å²) >= 11 is 0. The van der Waals surface area contributed by atoms with Gasteiger partial charge in [0, 0.05) is 29.1 Å². The summed E-state index contributed by atoms with van der Waals surface area (Å²) in [7, 11) is 0. The number of hydrogen-bond acceptors (Lipinski definition) is 4. The summed E-state index contributed by atoms with van der Waals surface area (Å²) in [6.45, 7) is 7.21. The molecule has 3 rings (SSSR count). The van der Waals surface area contributed by atoms with E-state index in [-0.39, 0.29) is 0 Å². The summed E-state index contributed by atoms with van der Waals surface area (Å²) in [6, 6.07) is 18.3. The molecule has 1 aromatic heterocycles. The first-order chi connectivity index (χ1) is 12.2. The van der Waals surface area contributed by atoms with Gasteiger partial charge in [0.15, 0.2) is 5.82 Å². The average Bonchev–Trinajstić information content (AvgIpc) is 2.63. The normalized spacial score (nSPS) is 10.7. The molecule has 0 spiro atoms. The van der Waals surface area contributed by atoms with Crippen LogP contribution in [-0.4, -0.2) is 16.6 Å². The minimum atomic E-state index is 0.492. The predicted molar refractivity (Wildman–Crippen MR) is 102 cm³/mol. The van der Waals surface area contributed by atoms with Crippen LogP contribution >= 0.6 is 0 Å². The molecule has 0 fully saturated rings. The fourth-order valence-corrected chi connectivity index (χ4v) is 2.57. The molecule has 0 aliphatic heterocycles. The Labute approximate surface area is 148 Å². The van der Waals surface area contributed by atoms with Gasteiger partial charge in [-0.3, -0.25) is 0 Å². The van der Waals surface area contributed by atoms with Gasteiger partial charge in [-0.05, 0) is 32.9 Å². The Hall–Kier alpha value is -2.72. The topological polar surface area (TPSA) is 47.0 Å². The summed E-state index contributed by atoms with van der Waals surface area (Å²) in [5.41, 5.74) is 5.14. The van der Waals surface area contributed by atoms with Crippen LogP contribution in [-0.2, 0) is 11.3 Å². The van der Waals surface area contributed by atoms with Crippen LogP contribution in [0.5, 0.6) is 0 Å². The molecule has 0 saturated heterocycles. The molecule has 0 atom stereocenters. The number of ether oxygens (including phenoxy) is 1. The maximum Gasteiger partial charge on any atom is 0.161 e. The van der Waals surface area contributed by atoms with Crippen LogP contribution in [0, 0.1) is 13.8 Å². The van der Waals surface area contributed by atoms with Crippen molar-refractivity contribution in [3.05, 3.63) is 71.4 Å². The van der Waals surface area contributed by atoms with Crippen molar-refractivity contribution in [2.24, 2.45) is 0 Å². The summed E-state index contributed by atoms with van der Waals surface area (Å²) in [4.78, 5) is 9.45. The Morgan fingerprint density at radius 3 is 2.32 bits per heavy atom. The molecule has 3 aromatic rings. The molecule has 1 heterocycles. The molecule has 0 unspecified atom stereocenters. The summed E-state index contributed by atoms with van der Waals surface area (Å²) in [5.74, 6) is 1.51. The smallest absolute Gasteiger partial charge is 0.161 e. The van der Waals surface area contributed by atoms with E-state index in [2.05, 4.69) is 41.5 Å². The Morgan fingerprint density at radius 2 is 1.64 bits per heavy atom. The van der Waals surface area contributed by atoms with E-state index in [9.17, 15) is 0 Å². The fraction of sp³-hybridized carbons (Fsp3) is 0.238. The molecule has 0 amide bonds. The van der Waals surface area contributed by atoms with E-state index >= 15 is 0 Å². The van der Waals surface area contributed by atoms with Crippen LogP contribution in [0.3, 0.4) is 0 Å². The van der Waals surface area contributed by atoms with Crippen molar-refractivity contribution in [2.75, 3.05) is 11.9 Å². The van der Waals surface area contributed by atoms with Crippen LogP contribution < -0.4 is 5.32 Å². The van der Waals surface area contributed by atoms with E-state index in [1.165, 1.54) is 5.56 Å². The van der Waals surface area contributed by atoms with Crippen LogP contribution in [0.4, 0.5) is 11.5 Å². The second-order valence-electron chi connectivity index (χ2n) is 5.95. The number of hydrogen-bond donors (Lipinski definition) is 1. The SMILES string of the molecule is CCOCc1c(C)nc(-c2ccccc2)nc1Nc1ccc(C)cc1. The quantitative estimate of drug-likeness (QED) is 0.686. The summed E-state index contributed by atoms with van der Waals surface area (Å²) < 4.78 is 5.62. The molecule has 0 aliphatic carbocycles. The van der Waals surface area contributed by atoms with Crippen LogP contribution in [0.1, 0.15) is 23.7 Å². The van der Waals surface area contributed by atoms with Gasteiger partial charge in [-0.25, -0.2) is 9.97 Å². The van der Waals surface area contributed by atoms with E-state index in [1.54, 1.807) is 0 Å². The highest BCUT2D eigenvalue weighted by molar-refractivity contribution is 5.64. The van der Waals surface area contributed by atoms with Gasteiger partial charge in [-0.15, -0.1) is 0 Å². The lowest BCUT2D eigenvalue weighted by Gasteiger charge is -2.15. The zero-order chi connectivity index (χ0) is 17.6. The molecule has 1 N–H and O–H groups in total. The highest BCUT2D eigenvalue weighted by Crippen LogP contribution is 2.26. The predicted octanol–water partition coefficient (Wildman–Crippen LogP) is 5.04. The molecular weight excluding hydrogens is 310 g/mol. The third-order valence-corrected chi connectivity index (χ3v) is 4.01. The second kappa shape index (κ2) is 7.90. The molecule has 4 nitrogen and oxygen atoms in total. The summed E-state index contributed by atoms with van der Waals surface area (Å²) in [5, 5.41) is 3.43. The van der Waals surface area contributed by atoms with E-state index < -0.39 is 0 Å². The molecule has 0 aliphatic rings. The molecular formula is C21H23N3O. The highest BCUT2D eigenvalue weighted by Gasteiger charge is 2.13. The lowest BCUT2D eigenvalue weighted by molar-refractivity contribution is 0.133. The standard InChI is InChI=1S/C21H23N3O/c1-4-25-14-19-16(3)22-20(17-8-6-5-7-9-17)24-21(19)23-18-12-10-15(2)11-13-18/h5-13H,4,14H2,1-3H3,(H,22,23,24). The van der Waals surface area contributed by atoms with E-state index in [1.807, 2.05) is 44.2 Å². The van der Waals surface area contributed by atoms with Gasteiger partial charge in [-0.1, -0.05) is 48.0 Å². The van der Waals surface area contributed by atoms with E-state index in [4.69, 9.17) is 9.72 Å². The average molecular weight is 333 g/mol. The molecule has 0 radical (unpaired) electrons. The minimum absolute atomic E-state index is 0.492. The lowest BCUT2D eigenvalue weighted by Crippen LogP contribution is -2.07. The first-order valence-electron chi connectivity index (χ1n) is 8.51. The van der Waals surface area contributed by atoms with Gasteiger partial charge in [0.2, 0.25) is 0 Å². The fourth-order valence-electron chi connectivity index (χ4n) is 2.57. The van der Waals surface area contributed by atoms with Crippen molar-refractivity contribution in [3.63, 3.8) is 0 Å². The largest absolute Gasteiger partial charge is 0.377 e.